The average molecular weight is 305 g/mol. The second-order valence-electron chi connectivity index (χ2n) is 6.68. The van der Waals surface area contributed by atoms with Gasteiger partial charge < -0.3 is 10.6 Å². The van der Waals surface area contributed by atoms with E-state index in [2.05, 4.69) is 35.4 Å². The molecule has 2 aliphatic rings. The lowest BCUT2D eigenvalue weighted by Crippen LogP contribution is -2.47. The summed E-state index contributed by atoms with van der Waals surface area (Å²) in [7, 11) is 0. The molecule has 3 heteroatoms. The number of aryl methyl sites for hydroxylation is 1. The van der Waals surface area contributed by atoms with E-state index >= 15 is 0 Å². The van der Waals surface area contributed by atoms with Crippen LogP contribution < -0.4 is 5.73 Å². The maximum absolute atomic E-state index is 6.00. The minimum atomic E-state index is 0.348. The summed E-state index contributed by atoms with van der Waals surface area (Å²) in [5, 5.41) is 0. The summed E-state index contributed by atoms with van der Waals surface area (Å²) in [6.45, 7) is 4.51. The molecular formula is C18H28N2S. The fraction of sp³-hybridized carbons (Fsp3) is 0.667. The maximum Gasteiger partial charge on any atom is 0.0303 e. The van der Waals surface area contributed by atoms with Crippen LogP contribution in [-0.4, -0.2) is 42.1 Å². The van der Waals surface area contributed by atoms with Gasteiger partial charge in [-0.05, 0) is 68.5 Å². The van der Waals surface area contributed by atoms with Crippen LogP contribution in [0, 0.1) is 0 Å². The number of rotatable bonds is 4. The lowest BCUT2D eigenvalue weighted by molar-refractivity contribution is 0.187. The molecule has 1 aliphatic carbocycles. The Kier molecular flexibility index (Phi) is 4.92. The number of benzene rings is 1. The molecule has 0 saturated carbocycles. The number of thioether (sulfide) groups is 1. The smallest absolute Gasteiger partial charge is 0.0303 e. The number of hydrogen-bond donors (Lipinski definition) is 1. The summed E-state index contributed by atoms with van der Waals surface area (Å²) < 4.78 is 0.348. The van der Waals surface area contributed by atoms with Crippen LogP contribution in [0.1, 0.15) is 42.7 Å². The van der Waals surface area contributed by atoms with E-state index in [1.807, 2.05) is 11.8 Å². The van der Waals surface area contributed by atoms with Crippen molar-refractivity contribution >= 4 is 11.8 Å². The van der Waals surface area contributed by atoms with Gasteiger partial charge in [-0.25, -0.2) is 0 Å². The van der Waals surface area contributed by atoms with Gasteiger partial charge in [0.15, 0.2) is 0 Å². The van der Waals surface area contributed by atoms with E-state index in [0.29, 0.717) is 4.75 Å². The molecule has 2 nitrogen and oxygen atoms in total. The molecule has 21 heavy (non-hydrogen) atoms. The van der Waals surface area contributed by atoms with Crippen LogP contribution in [0.25, 0.3) is 0 Å². The third-order valence-corrected chi connectivity index (χ3v) is 6.99. The molecule has 0 bridgehead atoms. The molecule has 1 unspecified atom stereocenters. The van der Waals surface area contributed by atoms with Gasteiger partial charge in [0, 0.05) is 17.8 Å². The second-order valence-corrected chi connectivity index (χ2v) is 7.95. The molecule has 1 atom stereocenters. The Labute approximate surface area is 133 Å². The van der Waals surface area contributed by atoms with Crippen LogP contribution in [0.15, 0.2) is 24.3 Å². The molecule has 1 saturated heterocycles. The highest BCUT2D eigenvalue weighted by Gasteiger charge is 2.33. The first-order chi connectivity index (χ1) is 10.3. The Morgan fingerprint density at radius 1 is 1.29 bits per heavy atom. The van der Waals surface area contributed by atoms with Crippen LogP contribution in [-0.2, 0) is 6.42 Å². The van der Waals surface area contributed by atoms with Crippen molar-refractivity contribution in [1.82, 2.24) is 4.90 Å². The topological polar surface area (TPSA) is 29.3 Å². The van der Waals surface area contributed by atoms with E-state index < -0.39 is 0 Å². The Bertz CT molecular complexity index is 460. The van der Waals surface area contributed by atoms with Crippen molar-refractivity contribution in [2.24, 2.45) is 5.73 Å². The summed E-state index contributed by atoms with van der Waals surface area (Å²) in [6, 6.07) is 9.08. The van der Waals surface area contributed by atoms with Gasteiger partial charge >= 0.3 is 0 Å². The number of likely N-dealkylation sites (tertiary alicyclic amines) is 1. The van der Waals surface area contributed by atoms with E-state index in [1.165, 1.54) is 51.7 Å². The highest BCUT2D eigenvalue weighted by atomic mass is 32.2. The molecule has 0 amide bonds. The summed E-state index contributed by atoms with van der Waals surface area (Å²) in [4.78, 5) is 2.68. The zero-order chi connectivity index (χ0) is 14.7. The quantitative estimate of drug-likeness (QED) is 0.926. The summed E-state index contributed by atoms with van der Waals surface area (Å²) >= 11 is 1.98. The van der Waals surface area contributed by atoms with Gasteiger partial charge in [-0.15, -0.1) is 0 Å². The van der Waals surface area contributed by atoms with Crippen molar-refractivity contribution in [1.29, 1.82) is 0 Å². The fourth-order valence-corrected chi connectivity index (χ4v) is 4.75. The number of piperidine rings is 1. The molecule has 1 aromatic carbocycles. The van der Waals surface area contributed by atoms with Gasteiger partial charge in [0.25, 0.3) is 0 Å². The Morgan fingerprint density at radius 2 is 2.05 bits per heavy atom. The third-order valence-electron chi connectivity index (χ3n) is 5.54. The molecule has 1 aliphatic heterocycles. The van der Waals surface area contributed by atoms with Crippen LogP contribution in [0.4, 0.5) is 0 Å². The summed E-state index contributed by atoms with van der Waals surface area (Å²) in [5.41, 5.74) is 9.21. The zero-order valence-electron chi connectivity index (χ0n) is 13.2. The highest BCUT2D eigenvalue weighted by molar-refractivity contribution is 8.00. The van der Waals surface area contributed by atoms with Crippen molar-refractivity contribution in [3.63, 3.8) is 0 Å². The zero-order valence-corrected chi connectivity index (χ0v) is 14.0. The van der Waals surface area contributed by atoms with E-state index in [9.17, 15) is 0 Å². The third kappa shape index (κ3) is 3.30. The fourth-order valence-electron chi connectivity index (χ4n) is 3.99. The maximum atomic E-state index is 6.00. The van der Waals surface area contributed by atoms with Gasteiger partial charge in [-0.1, -0.05) is 24.3 Å². The molecule has 116 valence electrons. The van der Waals surface area contributed by atoms with Crippen LogP contribution in [0.3, 0.4) is 0 Å². The standard InChI is InChI=1S/C18H28N2S/c1-21-18(14-19)9-11-20(12-10-18)13-16-7-4-6-15-5-2-3-8-17(15)16/h2-3,5,8,16H,4,6-7,9-14,19H2,1H3. The molecule has 1 heterocycles. The van der Waals surface area contributed by atoms with Gasteiger partial charge in [0.05, 0.1) is 0 Å². The summed E-state index contributed by atoms with van der Waals surface area (Å²) in [5.74, 6) is 0.745. The average Bonchev–Trinajstić information content (AvgIpc) is 2.56. The minimum Gasteiger partial charge on any atom is -0.329 e. The SMILES string of the molecule is CSC1(CN)CCN(CC2CCCc3ccccc32)CC1. The molecule has 3 rings (SSSR count). The first kappa shape index (κ1) is 15.4. The Morgan fingerprint density at radius 3 is 2.76 bits per heavy atom. The monoisotopic (exact) mass is 304 g/mol. The normalized spacial score (nSPS) is 25.5. The van der Waals surface area contributed by atoms with E-state index in [4.69, 9.17) is 5.73 Å². The second kappa shape index (κ2) is 6.72. The van der Waals surface area contributed by atoms with E-state index in [-0.39, 0.29) is 0 Å². The van der Waals surface area contributed by atoms with E-state index in [1.54, 1.807) is 11.1 Å². The highest BCUT2D eigenvalue weighted by Crippen LogP contribution is 2.36. The Hall–Kier alpha value is -0.510. The predicted molar refractivity (Wildman–Crippen MR) is 93.1 cm³/mol. The number of hydrogen-bond acceptors (Lipinski definition) is 3. The lowest BCUT2D eigenvalue weighted by atomic mass is 9.82. The van der Waals surface area contributed by atoms with Gasteiger partial charge in [0.2, 0.25) is 0 Å². The number of nitrogens with two attached hydrogens (primary N) is 1. The minimum absolute atomic E-state index is 0.348. The van der Waals surface area contributed by atoms with E-state index in [0.717, 1.165) is 12.5 Å². The largest absolute Gasteiger partial charge is 0.329 e. The van der Waals surface area contributed by atoms with Gasteiger partial charge in [-0.3, -0.25) is 0 Å². The lowest BCUT2D eigenvalue weighted by Gasteiger charge is -2.41. The van der Waals surface area contributed by atoms with Gasteiger partial charge in [0.1, 0.15) is 0 Å². The summed E-state index contributed by atoms with van der Waals surface area (Å²) in [6.07, 6.45) is 8.71. The molecule has 0 aromatic heterocycles. The predicted octanol–water partition coefficient (Wildman–Crippen LogP) is 3.26. The number of nitrogens with zero attached hydrogens (tertiary/aromatic N) is 1. The molecule has 1 fully saturated rings. The molecule has 0 radical (unpaired) electrons. The van der Waals surface area contributed by atoms with Crippen LogP contribution in [0.5, 0.6) is 0 Å². The first-order valence-corrected chi connectivity index (χ1v) is 9.54. The van der Waals surface area contributed by atoms with Gasteiger partial charge in [-0.2, -0.15) is 11.8 Å². The number of fused-ring (bicyclic) bond motifs is 1. The van der Waals surface area contributed by atoms with Crippen molar-refractivity contribution in [3.05, 3.63) is 35.4 Å². The first-order valence-electron chi connectivity index (χ1n) is 8.32. The van der Waals surface area contributed by atoms with Crippen molar-refractivity contribution in [2.75, 3.05) is 32.4 Å². The Balaban J connectivity index is 1.62. The molecule has 2 N–H and O–H groups in total. The van der Waals surface area contributed by atoms with Crippen LogP contribution >= 0.6 is 11.8 Å². The molecular weight excluding hydrogens is 276 g/mol. The molecule has 1 aromatic rings. The van der Waals surface area contributed by atoms with Crippen molar-refractivity contribution < 1.29 is 0 Å². The van der Waals surface area contributed by atoms with Crippen LogP contribution in [0.2, 0.25) is 0 Å². The van der Waals surface area contributed by atoms with Crippen molar-refractivity contribution in [3.8, 4) is 0 Å². The van der Waals surface area contributed by atoms with Crippen molar-refractivity contribution in [2.45, 2.75) is 42.8 Å². The molecule has 0 spiro atoms.